The highest BCUT2D eigenvalue weighted by Crippen LogP contribution is 2.33. The van der Waals surface area contributed by atoms with Crippen LogP contribution in [0.3, 0.4) is 0 Å². The number of aromatic nitrogens is 3. The third-order valence-electron chi connectivity index (χ3n) is 3.68. The molecule has 0 amide bonds. The van der Waals surface area contributed by atoms with Crippen LogP contribution in [0.25, 0.3) is 5.52 Å². The molecule has 1 aliphatic rings. The van der Waals surface area contributed by atoms with Crippen molar-refractivity contribution >= 4 is 17.1 Å². The Bertz CT molecular complexity index is 542. The number of nitrogens with zero attached hydrogens (tertiary/aromatic N) is 3. The summed E-state index contributed by atoms with van der Waals surface area (Å²) in [6.07, 6.45) is 10.2. The quantitative estimate of drug-likeness (QED) is 0.753. The summed E-state index contributed by atoms with van der Waals surface area (Å²) in [5, 5.41) is 0.555. The molecule has 2 aromatic rings. The first-order valence-corrected chi connectivity index (χ1v) is 7.64. The Hall–Kier alpha value is -1.09. The summed E-state index contributed by atoms with van der Waals surface area (Å²) in [5.41, 5.74) is 1.96. The average Bonchev–Trinajstić information content (AvgIpc) is 2.81. The molecule has 0 aromatic carbocycles. The van der Waals surface area contributed by atoms with Gasteiger partial charge in [-0.25, -0.2) is 9.97 Å². The van der Waals surface area contributed by atoms with E-state index >= 15 is 0 Å². The van der Waals surface area contributed by atoms with Crippen LogP contribution in [-0.2, 0) is 0 Å². The van der Waals surface area contributed by atoms with E-state index in [9.17, 15) is 0 Å². The molecule has 0 N–H and O–H groups in total. The summed E-state index contributed by atoms with van der Waals surface area (Å²) in [7, 11) is 0. The first kappa shape index (κ1) is 14.3. The monoisotopic (exact) mass is 279 g/mol. The molecule has 0 aliphatic heterocycles. The predicted molar refractivity (Wildman–Crippen MR) is 79.9 cm³/mol. The lowest BCUT2D eigenvalue weighted by molar-refractivity contribution is 0.427. The molecule has 0 radical (unpaired) electrons. The number of imidazole rings is 1. The van der Waals surface area contributed by atoms with Crippen LogP contribution >= 0.6 is 11.6 Å². The minimum Gasteiger partial charge on any atom is -0.299 e. The molecule has 0 atom stereocenters. The van der Waals surface area contributed by atoms with Crippen molar-refractivity contribution in [1.29, 1.82) is 0 Å². The topological polar surface area (TPSA) is 30.2 Å². The van der Waals surface area contributed by atoms with Crippen molar-refractivity contribution in [1.82, 2.24) is 14.4 Å². The summed E-state index contributed by atoms with van der Waals surface area (Å²) in [6.45, 7) is 6.01. The third kappa shape index (κ3) is 2.76. The number of aryl methyl sites for hydroxylation is 1. The minimum atomic E-state index is 0.555. The lowest BCUT2D eigenvalue weighted by Crippen LogP contribution is -2.08. The molecule has 0 bridgehead atoms. The van der Waals surface area contributed by atoms with E-state index in [4.69, 9.17) is 16.6 Å². The van der Waals surface area contributed by atoms with Gasteiger partial charge in [-0.05, 0) is 19.8 Å². The molecular formula is C15H22ClN3. The molecule has 104 valence electrons. The van der Waals surface area contributed by atoms with Gasteiger partial charge in [-0.15, -0.1) is 0 Å². The second kappa shape index (κ2) is 6.38. The van der Waals surface area contributed by atoms with Crippen LogP contribution in [0.15, 0.2) is 12.4 Å². The Balaban J connectivity index is 0.000000637. The molecule has 19 heavy (non-hydrogen) atoms. The van der Waals surface area contributed by atoms with E-state index in [2.05, 4.69) is 9.38 Å². The van der Waals surface area contributed by atoms with Gasteiger partial charge < -0.3 is 0 Å². The Labute approximate surface area is 120 Å². The lowest BCUT2D eigenvalue weighted by Gasteiger charge is -2.20. The lowest BCUT2D eigenvalue weighted by atomic mass is 9.89. The fourth-order valence-electron chi connectivity index (χ4n) is 2.84. The first-order valence-electron chi connectivity index (χ1n) is 7.26. The van der Waals surface area contributed by atoms with Crippen LogP contribution in [0, 0.1) is 6.92 Å². The van der Waals surface area contributed by atoms with Crippen LogP contribution in [0.4, 0.5) is 0 Å². The molecule has 2 heterocycles. The molecule has 0 saturated heterocycles. The number of fused-ring (bicyclic) bond motifs is 1. The molecule has 1 aliphatic carbocycles. The van der Waals surface area contributed by atoms with Crippen LogP contribution < -0.4 is 0 Å². The Morgan fingerprint density at radius 3 is 2.58 bits per heavy atom. The van der Waals surface area contributed by atoms with E-state index < -0.39 is 0 Å². The maximum Gasteiger partial charge on any atom is 0.154 e. The maximum atomic E-state index is 6.14. The van der Waals surface area contributed by atoms with Crippen LogP contribution in [0.5, 0.6) is 0 Å². The van der Waals surface area contributed by atoms with Gasteiger partial charge in [-0.1, -0.05) is 44.7 Å². The minimum absolute atomic E-state index is 0.555. The number of hydrogen-bond acceptors (Lipinski definition) is 2. The maximum absolute atomic E-state index is 6.14. The number of halogens is 1. The summed E-state index contributed by atoms with van der Waals surface area (Å²) in [4.78, 5) is 8.84. The average molecular weight is 280 g/mol. The van der Waals surface area contributed by atoms with Gasteiger partial charge in [-0.3, -0.25) is 4.40 Å². The standard InChI is InChI=1S/C13H16ClN3.C2H6/c1-9-11-12(14)15-7-8-17(11)13(16-9)10-5-3-2-4-6-10;1-2/h7-8,10H,2-6H2,1H3;1-2H3. The van der Waals surface area contributed by atoms with Gasteiger partial charge in [0, 0.05) is 18.3 Å². The molecule has 3 nitrogen and oxygen atoms in total. The van der Waals surface area contributed by atoms with Crippen molar-refractivity contribution in [3.8, 4) is 0 Å². The molecule has 4 heteroatoms. The van der Waals surface area contributed by atoms with E-state index in [0.717, 1.165) is 11.2 Å². The molecule has 0 spiro atoms. The van der Waals surface area contributed by atoms with E-state index in [1.165, 1.54) is 37.9 Å². The molecule has 0 unspecified atom stereocenters. The van der Waals surface area contributed by atoms with Gasteiger partial charge >= 0.3 is 0 Å². The zero-order valence-corrected chi connectivity index (χ0v) is 12.7. The summed E-state index contributed by atoms with van der Waals surface area (Å²) in [5.74, 6) is 1.75. The summed E-state index contributed by atoms with van der Waals surface area (Å²) >= 11 is 6.14. The molecule has 2 aromatic heterocycles. The van der Waals surface area contributed by atoms with Crippen molar-refractivity contribution < 1.29 is 0 Å². The SMILES string of the molecule is CC.Cc1nc(C2CCCCC2)n2ccnc(Cl)c12. The van der Waals surface area contributed by atoms with E-state index in [-0.39, 0.29) is 0 Å². The fourth-order valence-corrected chi connectivity index (χ4v) is 3.13. The third-order valence-corrected chi connectivity index (χ3v) is 3.96. The van der Waals surface area contributed by atoms with Crippen molar-refractivity contribution in [2.75, 3.05) is 0 Å². The molecule has 3 rings (SSSR count). The van der Waals surface area contributed by atoms with Crippen molar-refractivity contribution in [3.05, 3.63) is 29.1 Å². The van der Waals surface area contributed by atoms with Crippen molar-refractivity contribution in [3.63, 3.8) is 0 Å². The zero-order chi connectivity index (χ0) is 13.8. The highest BCUT2D eigenvalue weighted by molar-refractivity contribution is 6.32. The fraction of sp³-hybridized carbons (Fsp3) is 0.600. The van der Waals surface area contributed by atoms with E-state index in [0.29, 0.717) is 11.1 Å². The second-order valence-electron chi connectivity index (χ2n) is 4.83. The number of rotatable bonds is 1. The highest BCUT2D eigenvalue weighted by Gasteiger charge is 2.22. The van der Waals surface area contributed by atoms with Crippen LogP contribution in [0.2, 0.25) is 5.15 Å². The van der Waals surface area contributed by atoms with Gasteiger partial charge in [0.25, 0.3) is 0 Å². The zero-order valence-electron chi connectivity index (χ0n) is 12.0. The summed E-state index contributed by atoms with van der Waals surface area (Å²) in [6, 6.07) is 0. The van der Waals surface area contributed by atoms with Crippen LogP contribution in [0.1, 0.15) is 63.4 Å². The number of hydrogen-bond donors (Lipinski definition) is 0. The first-order chi connectivity index (χ1) is 9.27. The van der Waals surface area contributed by atoms with Gasteiger partial charge in [0.15, 0.2) is 5.15 Å². The van der Waals surface area contributed by atoms with Gasteiger partial charge in [-0.2, -0.15) is 0 Å². The Morgan fingerprint density at radius 2 is 1.89 bits per heavy atom. The highest BCUT2D eigenvalue weighted by atomic mass is 35.5. The molecule has 1 saturated carbocycles. The van der Waals surface area contributed by atoms with Crippen molar-refractivity contribution in [2.24, 2.45) is 0 Å². The second-order valence-corrected chi connectivity index (χ2v) is 5.19. The van der Waals surface area contributed by atoms with Gasteiger partial charge in [0.05, 0.1) is 5.69 Å². The molecule has 1 fully saturated rings. The largest absolute Gasteiger partial charge is 0.299 e. The molecular weight excluding hydrogens is 258 g/mol. The van der Waals surface area contributed by atoms with E-state index in [1.807, 2.05) is 27.0 Å². The predicted octanol–water partition coefficient (Wildman–Crippen LogP) is 4.77. The summed E-state index contributed by atoms with van der Waals surface area (Å²) < 4.78 is 2.13. The Morgan fingerprint density at radius 1 is 1.21 bits per heavy atom. The van der Waals surface area contributed by atoms with E-state index in [1.54, 1.807) is 6.20 Å². The van der Waals surface area contributed by atoms with Crippen LogP contribution in [-0.4, -0.2) is 14.4 Å². The smallest absolute Gasteiger partial charge is 0.154 e. The Kier molecular flexibility index (Phi) is 4.81. The van der Waals surface area contributed by atoms with Crippen molar-refractivity contribution in [2.45, 2.75) is 58.8 Å². The van der Waals surface area contributed by atoms with Gasteiger partial charge in [0.1, 0.15) is 11.3 Å². The van der Waals surface area contributed by atoms with Gasteiger partial charge in [0.2, 0.25) is 0 Å². The normalized spacial score (nSPS) is 16.2.